The molecule has 6 heteroatoms. The molecular weight excluding hydrogens is 238 g/mol. The summed E-state index contributed by atoms with van der Waals surface area (Å²) in [5.41, 5.74) is 6.43. The van der Waals surface area contributed by atoms with Crippen LogP contribution in [0.3, 0.4) is 0 Å². The molecule has 92 valence electrons. The monoisotopic (exact) mass is 253 g/mol. The third kappa shape index (κ3) is 2.53. The molecule has 17 heavy (non-hydrogen) atoms. The minimum Gasteiger partial charge on any atom is -0.323 e. The number of hydrogen-bond acceptors (Lipinski definition) is 5. The molecule has 1 aliphatic heterocycles. The van der Waals surface area contributed by atoms with Gasteiger partial charge in [0.2, 0.25) is 11.8 Å². The molecule has 2 heterocycles. The normalized spacial score (nSPS) is 19.3. The predicted octanol–water partition coefficient (Wildman–Crippen LogP) is 1.60. The summed E-state index contributed by atoms with van der Waals surface area (Å²) in [6, 6.07) is -0.183. The lowest BCUT2D eigenvalue weighted by atomic mass is 10.2. The molecule has 0 saturated carbocycles. The molecule has 1 unspecified atom stereocenters. The summed E-state index contributed by atoms with van der Waals surface area (Å²) in [5, 5.41) is 2.25. The Morgan fingerprint density at radius 2 is 1.94 bits per heavy atom. The Bertz CT molecular complexity index is 424. The summed E-state index contributed by atoms with van der Waals surface area (Å²) in [6.07, 6.45) is 2.37. The van der Waals surface area contributed by atoms with Crippen LogP contribution >= 0.6 is 11.3 Å². The van der Waals surface area contributed by atoms with Crippen molar-refractivity contribution in [3.05, 3.63) is 11.1 Å². The maximum Gasteiger partial charge on any atom is 0.235 e. The first kappa shape index (κ1) is 12.2. The first-order valence-corrected chi connectivity index (χ1v) is 6.54. The SMILES string of the molecule is CC(N)c1csc(N2C(=O)CCCCC2=O)n1. The lowest BCUT2D eigenvalue weighted by Crippen LogP contribution is -2.35. The van der Waals surface area contributed by atoms with E-state index in [2.05, 4.69) is 4.98 Å². The van der Waals surface area contributed by atoms with Gasteiger partial charge in [0.1, 0.15) is 0 Å². The van der Waals surface area contributed by atoms with E-state index in [0.29, 0.717) is 18.0 Å². The van der Waals surface area contributed by atoms with Crippen LogP contribution in [0.5, 0.6) is 0 Å². The molecule has 1 aliphatic rings. The molecular formula is C11H15N3O2S. The summed E-state index contributed by atoms with van der Waals surface area (Å²) in [5.74, 6) is -0.309. The third-order valence-electron chi connectivity index (χ3n) is 2.70. The predicted molar refractivity (Wildman–Crippen MR) is 65.7 cm³/mol. The van der Waals surface area contributed by atoms with Crippen molar-refractivity contribution in [1.29, 1.82) is 0 Å². The number of nitrogens with zero attached hydrogens (tertiary/aromatic N) is 2. The fraction of sp³-hybridized carbons (Fsp3) is 0.545. The zero-order chi connectivity index (χ0) is 12.4. The lowest BCUT2D eigenvalue weighted by Gasteiger charge is -2.14. The number of aromatic nitrogens is 1. The quantitative estimate of drug-likeness (QED) is 0.812. The van der Waals surface area contributed by atoms with E-state index in [1.165, 1.54) is 16.2 Å². The Morgan fingerprint density at radius 1 is 1.35 bits per heavy atom. The van der Waals surface area contributed by atoms with E-state index in [1.54, 1.807) is 5.38 Å². The van der Waals surface area contributed by atoms with Gasteiger partial charge in [0.15, 0.2) is 5.13 Å². The Kier molecular flexibility index (Phi) is 3.54. The fourth-order valence-electron chi connectivity index (χ4n) is 1.72. The number of rotatable bonds is 2. The van der Waals surface area contributed by atoms with Crippen molar-refractivity contribution in [1.82, 2.24) is 4.98 Å². The van der Waals surface area contributed by atoms with E-state index in [4.69, 9.17) is 5.73 Å². The van der Waals surface area contributed by atoms with Gasteiger partial charge < -0.3 is 5.73 Å². The lowest BCUT2D eigenvalue weighted by molar-refractivity contribution is -0.125. The van der Waals surface area contributed by atoms with Crippen molar-refractivity contribution in [2.45, 2.75) is 38.6 Å². The van der Waals surface area contributed by atoms with Gasteiger partial charge in [0.25, 0.3) is 0 Å². The summed E-state index contributed by atoms with van der Waals surface area (Å²) in [6.45, 7) is 1.82. The van der Waals surface area contributed by atoms with Crippen LogP contribution in [0.25, 0.3) is 0 Å². The van der Waals surface area contributed by atoms with Gasteiger partial charge in [-0.3, -0.25) is 9.59 Å². The second-order valence-electron chi connectivity index (χ2n) is 4.17. The zero-order valence-electron chi connectivity index (χ0n) is 9.68. The van der Waals surface area contributed by atoms with Crippen molar-refractivity contribution in [2.75, 3.05) is 4.90 Å². The van der Waals surface area contributed by atoms with E-state index in [1.807, 2.05) is 6.92 Å². The molecule has 2 rings (SSSR count). The highest BCUT2D eigenvalue weighted by Crippen LogP contribution is 2.26. The highest BCUT2D eigenvalue weighted by molar-refractivity contribution is 7.14. The number of thiazole rings is 1. The average molecular weight is 253 g/mol. The van der Waals surface area contributed by atoms with Crippen LogP contribution in [0.2, 0.25) is 0 Å². The number of hydrogen-bond donors (Lipinski definition) is 1. The first-order chi connectivity index (χ1) is 8.09. The molecule has 0 aromatic carbocycles. The van der Waals surface area contributed by atoms with Gasteiger partial charge in [-0.2, -0.15) is 0 Å². The smallest absolute Gasteiger partial charge is 0.235 e. The van der Waals surface area contributed by atoms with Gasteiger partial charge in [0, 0.05) is 24.3 Å². The number of anilines is 1. The van der Waals surface area contributed by atoms with Gasteiger partial charge in [-0.05, 0) is 19.8 Å². The number of carbonyl (C=O) groups is 2. The second-order valence-corrected chi connectivity index (χ2v) is 5.01. The van der Waals surface area contributed by atoms with Gasteiger partial charge in [-0.1, -0.05) is 0 Å². The molecule has 2 amide bonds. The average Bonchev–Trinajstić information content (AvgIpc) is 2.68. The molecule has 5 nitrogen and oxygen atoms in total. The molecule has 0 spiro atoms. The largest absolute Gasteiger partial charge is 0.323 e. The van der Waals surface area contributed by atoms with Crippen LogP contribution in [0.4, 0.5) is 5.13 Å². The van der Waals surface area contributed by atoms with Gasteiger partial charge in [0.05, 0.1) is 5.69 Å². The van der Waals surface area contributed by atoms with Crippen LogP contribution in [-0.4, -0.2) is 16.8 Å². The number of carbonyl (C=O) groups excluding carboxylic acids is 2. The van der Waals surface area contributed by atoms with Crippen molar-refractivity contribution in [3.63, 3.8) is 0 Å². The summed E-state index contributed by atoms with van der Waals surface area (Å²) in [4.78, 5) is 29.2. The minimum atomic E-state index is -0.183. The maximum absolute atomic E-state index is 11.8. The van der Waals surface area contributed by atoms with E-state index >= 15 is 0 Å². The second kappa shape index (κ2) is 4.93. The first-order valence-electron chi connectivity index (χ1n) is 5.66. The standard InChI is InChI=1S/C11H15N3O2S/c1-7(12)8-6-17-11(13-8)14-9(15)4-2-3-5-10(14)16/h6-7H,2-5,12H2,1H3. The zero-order valence-corrected chi connectivity index (χ0v) is 10.5. The molecule has 1 aromatic rings. The van der Waals surface area contributed by atoms with Gasteiger partial charge in [-0.25, -0.2) is 9.88 Å². The number of amides is 2. The maximum atomic E-state index is 11.8. The molecule has 2 N–H and O–H groups in total. The minimum absolute atomic E-state index is 0.155. The highest BCUT2D eigenvalue weighted by Gasteiger charge is 2.28. The van der Waals surface area contributed by atoms with Gasteiger partial charge >= 0.3 is 0 Å². The molecule has 0 bridgehead atoms. The third-order valence-corrected chi connectivity index (χ3v) is 3.54. The topological polar surface area (TPSA) is 76.3 Å². The summed E-state index contributed by atoms with van der Waals surface area (Å²) >= 11 is 1.29. The Labute approximate surface area is 104 Å². The van der Waals surface area contributed by atoms with Crippen LogP contribution in [0.1, 0.15) is 44.3 Å². The Morgan fingerprint density at radius 3 is 2.41 bits per heavy atom. The molecule has 1 saturated heterocycles. The van der Waals surface area contributed by atoms with E-state index in [-0.39, 0.29) is 17.9 Å². The molecule has 1 aromatic heterocycles. The summed E-state index contributed by atoms with van der Waals surface area (Å²) < 4.78 is 0. The molecule has 1 atom stereocenters. The van der Waals surface area contributed by atoms with Crippen molar-refractivity contribution < 1.29 is 9.59 Å². The van der Waals surface area contributed by atoms with E-state index in [9.17, 15) is 9.59 Å². The van der Waals surface area contributed by atoms with Gasteiger partial charge in [-0.15, -0.1) is 11.3 Å². The number of imide groups is 1. The fourth-order valence-corrected chi connectivity index (χ4v) is 2.68. The Hall–Kier alpha value is -1.27. The summed E-state index contributed by atoms with van der Waals surface area (Å²) in [7, 11) is 0. The van der Waals surface area contributed by atoms with E-state index < -0.39 is 0 Å². The van der Waals surface area contributed by atoms with Crippen molar-refractivity contribution >= 4 is 28.3 Å². The molecule has 0 radical (unpaired) electrons. The van der Waals surface area contributed by atoms with Crippen LogP contribution in [0.15, 0.2) is 5.38 Å². The van der Waals surface area contributed by atoms with E-state index in [0.717, 1.165) is 18.5 Å². The van der Waals surface area contributed by atoms with Crippen molar-refractivity contribution in [3.8, 4) is 0 Å². The van der Waals surface area contributed by atoms with Crippen LogP contribution in [-0.2, 0) is 9.59 Å². The highest BCUT2D eigenvalue weighted by atomic mass is 32.1. The number of nitrogens with two attached hydrogens (primary N) is 1. The molecule has 1 fully saturated rings. The van der Waals surface area contributed by atoms with Crippen LogP contribution in [0, 0.1) is 0 Å². The Balaban J connectivity index is 2.28. The van der Waals surface area contributed by atoms with Crippen molar-refractivity contribution in [2.24, 2.45) is 5.73 Å². The molecule has 0 aliphatic carbocycles. The van der Waals surface area contributed by atoms with Crippen LogP contribution < -0.4 is 10.6 Å².